The Morgan fingerprint density at radius 2 is 1.76 bits per heavy atom. The predicted molar refractivity (Wildman–Crippen MR) is 98.2 cm³/mol. The molecule has 130 valence electrons. The Morgan fingerprint density at radius 3 is 2.28 bits per heavy atom. The summed E-state index contributed by atoms with van der Waals surface area (Å²) in [4.78, 5) is 40.1. The van der Waals surface area contributed by atoms with Crippen LogP contribution >= 0.6 is 0 Å². The number of aryl methyl sites for hydroxylation is 2. The second-order valence-electron chi connectivity index (χ2n) is 6.39. The third-order valence-corrected chi connectivity index (χ3v) is 3.93. The van der Waals surface area contributed by atoms with E-state index in [0.29, 0.717) is 11.1 Å². The lowest BCUT2D eigenvalue weighted by Crippen LogP contribution is -2.37. The average molecular weight is 338 g/mol. The number of nitrogens with zero attached hydrogens (tertiary/aromatic N) is 1. The number of carbonyl (C=O) groups is 1. The molecule has 0 atom stereocenters. The Bertz CT molecular complexity index is 978. The van der Waals surface area contributed by atoms with Crippen LogP contribution in [0.5, 0.6) is 0 Å². The fourth-order valence-corrected chi connectivity index (χ4v) is 2.92. The minimum atomic E-state index is -0.620. The van der Waals surface area contributed by atoms with Gasteiger partial charge in [0.2, 0.25) is 5.78 Å². The summed E-state index contributed by atoms with van der Waals surface area (Å²) in [7, 11) is 0. The topological polar surface area (TPSA) is 71.9 Å². The fraction of sp³-hybridized carbons (Fsp3) is 0.350. The van der Waals surface area contributed by atoms with Gasteiger partial charge in [0.15, 0.2) is 0 Å². The molecule has 0 saturated heterocycles. The standard InChI is InChI=1S/C20H22N2O3/c1-6-7-8-22-17(16(12(2)3)19(24)21-20(22)25)18(23)15-10-13(4)9-14(5)11-15/h9-12H,8H2,1-5H3,(H,21,24,25). The molecule has 0 aliphatic rings. The zero-order valence-corrected chi connectivity index (χ0v) is 15.2. The molecular formula is C20H22N2O3. The van der Waals surface area contributed by atoms with Gasteiger partial charge in [-0.1, -0.05) is 37.0 Å². The van der Waals surface area contributed by atoms with E-state index in [9.17, 15) is 14.4 Å². The number of aromatic amines is 1. The first-order chi connectivity index (χ1) is 11.8. The highest BCUT2D eigenvalue weighted by Crippen LogP contribution is 2.19. The van der Waals surface area contributed by atoms with Gasteiger partial charge in [-0.05, 0) is 38.8 Å². The number of nitrogens with one attached hydrogen (secondary N) is 1. The van der Waals surface area contributed by atoms with Crippen molar-refractivity contribution in [2.45, 2.75) is 47.1 Å². The van der Waals surface area contributed by atoms with Crippen LogP contribution in [0.4, 0.5) is 0 Å². The van der Waals surface area contributed by atoms with Crippen molar-refractivity contribution in [3.05, 3.63) is 67.0 Å². The van der Waals surface area contributed by atoms with Crippen LogP contribution in [-0.2, 0) is 6.54 Å². The molecule has 5 heteroatoms. The summed E-state index contributed by atoms with van der Waals surface area (Å²) in [6.45, 7) is 9.16. The lowest BCUT2D eigenvalue weighted by atomic mass is 9.95. The molecule has 0 bridgehead atoms. The van der Waals surface area contributed by atoms with Gasteiger partial charge in [0.05, 0.1) is 6.54 Å². The minimum Gasteiger partial charge on any atom is -0.287 e. The molecule has 0 unspecified atom stereocenters. The summed E-state index contributed by atoms with van der Waals surface area (Å²) in [5.41, 5.74) is 1.64. The first kappa shape index (κ1) is 18.5. The van der Waals surface area contributed by atoms with Crippen LogP contribution < -0.4 is 11.2 Å². The molecule has 0 saturated carbocycles. The van der Waals surface area contributed by atoms with Crippen LogP contribution in [0.2, 0.25) is 0 Å². The van der Waals surface area contributed by atoms with Gasteiger partial charge < -0.3 is 0 Å². The molecule has 1 aromatic carbocycles. The molecule has 0 amide bonds. The Morgan fingerprint density at radius 1 is 1.16 bits per heavy atom. The zero-order chi connectivity index (χ0) is 18.7. The van der Waals surface area contributed by atoms with E-state index in [1.54, 1.807) is 19.1 Å². The van der Waals surface area contributed by atoms with Crippen molar-refractivity contribution in [3.63, 3.8) is 0 Å². The van der Waals surface area contributed by atoms with Crippen LogP contribution in [0.25, 0.3) is 0 Å². The minimum absolute atomic E-state index is 0.0533. The molecule has 0 aliphatic heterocycles. The molecule has 1 N–H and O–H groups in total. The van der Waals surface area contributed by atoms with Gasteiger partial charge >= 0.3 is 5.69 Å². The van der Waals surface area contributed by atoms with Gasteiger partial charge in [-0.3, -0.25) is 19.1 Å². The van der Waals surface area contributed by atoms with Crippen LogP contribution in [0, 0.1) is 25.7 Å². The van der Waals surface area contributed by atoms with Crippen molar-refractivity contribution in [1.29, 1.82) is 0 Å². The zero-order valence-electron chi connectivity index (χ0n) is 15.2. The van der Waals surface area contributed by atoms with Crippen LogP contribution in [0.3, 0.4) is 0 Å². The number of carbonyl (C=O) groups excluding carboxylic acids is 1. The SMILES string of the molecule is CC#CCn1c(C(=O)c2cc(C)cc(C)c2)c(C(C)C)c(=O)[nH]c1=O. The van der Waals surface area contributed by atoms with Crippen molar-refractivity contribution in [2.24, 2.45) is 0 Å². The van der Waals surface area contributed by atoms with Crippen LogP contribution in [0.15, 0.2) is 27.8 Å². The predicted octanol–water partition coefficient (Wildman–Crippen LogP) is 2.53. The summed E-state index contributed by atoms with van der Waals surface area (Å²) in [6.07, 6.45) is 0. The molecule has 1 heterocycles. The lowest BCUT2D eigenvalue weighted by Gasteiger charge is -2.16. The Labute approximate surface area is 146 Å². The smallest absolute Gasteiger partial charge is 0.287 e. The summed E-state index contributed by atoms with van der Waals surface area (Å²) >= 11 is 0. The van der Waals surface area contributed by atoms with E-state index in [1.807, 2.05) is 33.8 Å². The Balaban J connectivity index is 2.83. The number of rotatable bonds is 4. The maximum absolute atomic E-state index is 13.2. The van der Waals surface area contributed by atoms with Crippen molar-refractivity contribution < 1.29 is 4.79 Å². The van der Waals surface area contributed by atoms with Crippen LogP contribution in [0.1, 0.15) is 59.4 Å². The van der Waals surface area contributed by atoms with Crippen molar-refractivity contribution in [3.8, 4) is 11.8 Å². The molecule has 2 rings (SSSR count). The number of aromatic nitrogens is 2. The van der Waals surface area contributed by atoms with Gasteiger partial charge in [0.25, 0.3) is 5.56 Å². The largest absolute Gasteiger partial charge is 0.329 e. The highest BCUT2D eigenvalue weighted by Gasteiger charge is 2.24. The van der Waals surface area contributed by atoms with E-state index in [0.717, 1.165) is 11.1 Å². The average Bonchev–Trinajstić information content (AvgIpc) is 2.51. The molecule has 0 aliphatic carbocycles. The number of ketones is 1. The maximum Gasteiger partial charge on any atom is 0.329 e. The molecule has 0 spiro atoms. The van der Waals surface area contributed by atoms with E-state index in [-0.39, 0.29) is 23.9 Å². The highest BCUT2D eigenvalue weighted by atomic mass is 16.2. The van der Waals surface area contributed by atoms with Gasteiger partial charge in [-0.15, -0.1) is 5.92 Å². The second-order valence-corrected chi connectivity index (χ2v) is 6.39. The third-order valence-electron chi connectivity index (χ3n) is 3.93. The van der Waals surface area contributed by atoms with Gasteiger partial charge in [0.1, 0.15) is 5.69 Å². The lowest BCUT2D eigenvalue weighted by molar-refractivity contribution is 0.102. The number of hydrogen-bond acceptors (Lipinski definition) is 3. The van der Waals surface area contributed by atoms with Crippen molar-refractivity contribution in [1.82, 2.24) is 9.55 Å². The van der Waals surface area contributed by atoms with Gasteiger partial charge in [-0.2, -0.15) is 0 Å². The van der Waals surface area contributed by atoms with E-state index < -0.39 is 11.2 Å². The quantitative estimate of drug-likeness (QED) is 0.688. The van der Waals surface area contributed by atoms with E-state index in [1.165, 1.54) is 4.57 Å². The monoisotopic (exact) mass is 338 g/mol. The van der Waals surface area contributed by atoms with Crippen LogP contribution in [-0.4, -0.2) is 15.3 Å². The molecule has 0 fully saturated rings. The number of hydrogen-bond donors (Lipinski definition) is 1. The summed E-state index contributed by atoms with van der Waals surface area (Å²) in [6, 6.07) is 5.50. The first-order valence-corrected chi connectivity index (χ1v) is 8.15. The molecule has 25 heavy (non-hydrogen) atoms. The molecule has 5 nitrogen and oxygen atoms in total. The molecular weight excluding hydrogens is 316 g/mol. The Hall–Kier alpha value is -2.87. The fourth-order valence-electron chi connectivity index (χ4n) is 2.92. The van der Waals surface area contributed by atoms with E-state index in [2.05, 4.69) is 16.8 Å². The van der Waals surface area contributed by atoms with E-state index in [4.69, 9.17) is 0 Å². The van der Waals surface area contributed by atoms with Crippen molar-refractivity contribution in [2.75, 3.05) is 0 Å². The molecule has 1 aromatic heterocycles. The number of H-pyrrole nitrogens is 1. The second kappa shape index (κ2) is 7.35. The highest BCUT2D eigenvalue weighted by molar-refractivity contribution is 6.09. The Kier molecular flexibility index (Phi) is 5.43. The van der Waals surface area contributed by atoms with Gasteiger partial charge in [-0.25, -0.2) is 4.79 Å². The maximum atomic E-state index is 13.2. The summed E-state index contributed by atoms with van der Waals surface area (Å²) < 4.78 is 1.26. The number of benzene rings is 1. The third kappa shape index (κ3) is 3.80. The normalized spacial score (nSPS) is 10.5. The van der Waals surface area contributed by atoms with Gasteiger partial charge in [0, 0.05) is 11.1 Å². The molecule has 2 aromatic rings. The summed E-state index contributed by atoms with van der Waals surface area (Å²) in [5.74, 6) is 4.97. The van der Waals surface area contributed by atoms with Crippen molar-refractivity contribution >= 4 is 5.78 Å². The first-order valence-electron chi connectivity index (χ1n) is 8.15. The van der Waals surface area contributed by atoms with E-state index >= 15 is 0 Å². The summed E-state index contributed by atoms with van der Waals surface area (Å²) in [5, 5.41) is 0. The molecule has 0 radical (unpaired) electrons.